The Bertz CT molecular complexity index is 1050. The molecular weight excluding hydrogens is 420 g/mol. The van der Waals surface area contributed by atoms with Crippen molar-refractivity contribution in [2.45, 2.75) is 44.9 Å². The molecule has 11 heteroatoms. The number of carboxylic acid groups (broad SMARTS) is 1. The van der Waals surface area contributed by atoms with Gasteiger partial charge in [0.15, 0.2) is 11.9 Å². The van der Waals surface area contributed by atoms with E-state index < -0.39 is 50.4 Å². The molecule has 0 aliphatic heterocycles. The Morgan fingerprint density at radius 1 is 1.14 bits per heavy atom. The zero-order valence-corrected chi connectivity index (χ0v) is 16.6. The van der Waals surface area contributed by atoms with Crippen molar-refractivity contribution in [2.24, 2.45) is 0 Å². The Labute approximate surface area is 164 Å². The van der Waals surface area contributed by atoms with Crippen LogP contribution in [0.3, 0.4) is 0 Å². The van der Waals surface area contributed by atoms with Crippen molar-refractivity contribution in [3.8, 4) is 5.75 Å². The van der Waals surface area contributed by atoms with E-state index in [4.69, 9.17) is 4.74 Å². The van der Waals surface area contributed by atoms with Crippen LogP contribution in [0.25, 0.3) is 10.8 Å². The summed E-state index contributed by atoms with van der Waals surface area (Å²) in [6, 6.07) is 4.35. The molecule has 0 saturated heterocycles. The third kappa shape index (κ3) is 4.96. The number of alkyl halides is 3. The van der Waals surface area contributed by atoms with Crippen LogP contribution in [0.4, 0.5) is 17.6 Å². The molecule has 0 bridgehead atoms. The quantitative estimate of drug-likeness (QED) is 0.421. The van der Waals surface area contributed by atoms with E-state index in [1.165, 1.54) is 39.8 Å². The molecule has 1 unspecified atom stereocenters. The number of hydrogen-bond acceptors (Lipinski definition) is 5. The molecule has 2 aromatic carbocycles. The second-order valence-electron chi connectivity index (χ2n) is 7.23. The van der Waals surface area contributed by atoms with Crippen molar-refractivity contribution >= 4 is 26.9 Å². The normalized spacial score (nSPS) is 14.1. The number of benzene rings is 2. The molecule has 2 rings (SSSR count). The van der Waals surface area contributed by atoms with Gasteiger partial charge in [-0.25, -0.2) is 9.18 Å². The molecule has 160 valence electrons. The van der Waals surface area contributed by atoms with Crippen molar-refractivity contribution in [3.63, 3.8) is 0 Å². The average Bonchev–Trinajstić information content (AvgIpc) is 2.51. The van der Waals surface area contributed by atoms with Gasteiger partial charge in [0.25, 0.3) is 0 Å². The third-order valence-electron chi connectivity index (χ3n) is 3.74. The summed E-state index contributed by atoms with van der Waals surface area (Å²) in [5.74, 6) is -3.42. The molecule has 0 radical (unpaired) electrons. The first-order chi connectivity index (χ1) is 13.0. The van der Waals surface area contributed by atoms with Crippen LogP contribution in [0, 0.1) is 12.7 Å². The summed E-state index contributed by atoms with van der Waals surface area (Å²) in [5, 5.41) is 9.40. The summed E-state index contributed by atoms with van der Waals surface area (Å²) in [5.41, 5.74) is -7.21. The van der Waals surface area contributed by atoms with Gasteiger partial charge in [-0.15, -0.1) is 0 Å². The number of fused-ring (bicyclic) bond motifs is 1. The van der Waals surface area contributed by atoms with E-state index in [1.807, 2.05) is 0 Å². The Kier molecular flexibility index (Phi) is 5.88. The van der Waals surface area contributed by atoms with E-state index in [2.05, 4.69) is 4.18 Å². The number of ether oxygens (including phenoxy) is 1. The first-order valence-electron chi connectivity index (χ1n) is 8.17. The number of carbonyl (C=O) groups is 1. The fraction of sp³-hybridized carbons (Fsp3) is 0.389. The molecule has 0 aromatic heterocycles. The molecule has 0 spiro atoms. The van der Waals surface area contributed by atoms with E-state index in [0.717, 1.165) is 12.1 Å². The minimum absolute atomic E-state index is 0.0909. The van der Waals surface area contributed by atoms with E-state index in [-0.39, 0.29) is 16.3 Å². The molecule has 29 heavy (non-hydrogen) atoms. The zero-order chi connectivity index (χ0) is 22.4. The molecule has 0 fully saturated rings. The molecule has 0 heterocycles. The lowest BCUT2D eigenvalue weighted by Crippen LogP contribution is -2.31. The highest BCUT2D eigenvalue weighted by Gasteiger charge is 2.49. The molecule has 0 aliphatic carbocycles. The minimum atomic E-state index is -6.17. The fourth-order valence-corrected chi connectivity index (χ4v) is 3.14. The van der Waals surface area contributed by atoms with Crippen molar-refractivity contribution in [2.75, 3.05) is 0 Å². The maximum Gasteiger partial charge on any atom is 0.534 e. The largest absolute Gasteiger partial charge is 0.534 e. The van der Waals surface area contributed by atoms with Crippen LogP contribution in [0.2, 0.25) is 0 Å². The van der Waals surface area contributed by atoms with Crippen molar-refractivity contribution < 1.29 is 44.8 Å². The number of halogens is 4. The summed E-state index contributed by atoms with van der Waals surface area (Å²) in [6.07, 6.45) is -1.87. The summed E-state index contributed by atoms with van der Waals surface area (Å²) in [6.45, 7) is 5.87. The fourth-order valence-electron chi connectivity index (χ4n) is 2.65. The Morgan fingerprint density at radius 3 is 2.21 bits per heavy atom. The highest BCUT2D eigenvalue weighted by atomic mass is 32.2. The molecule has 1 atom stereocenters. The average molecular weight is 438 g/mol. The van der Waals surface area contributed by atoms with Crippen LogP contribution < -0.4 is 4.18 Å². The summed E-state index contributed by atoms with van der Waals surface area (Å²) in [4.78, 5) is 11.8. The van der Waals surface area contributed by atoms with Gasteiger partial charge in [0.1, 0.15) is 5.82 Å². The van der Waals surface area contributed by atoms with E-state index in [0.29, 0.717) is 0 Å². The van der Waals surface area contributed by atoms with E-state index in [9.17, 15) is 35.9 Å². The van der Waals surface area contributed by atoms with Crippen LogP contribution in [-0.4, -0.2) is 30.6 Å². The van der Waals surface area contributed by atoms with Gasteiger partial charge in [-0.2, -0.15) is 21.6 Å². The summed E-state index contributed by atoms with van der Waals surface area (Å²) < 4.78 is 85.6. The van der Waals surface area contributed by atoms with E-state index in [1.54, 1.807) is 0 Å². The van der Waals surface area contributed by atoms with Crippen LogP contribution >= 0.6 is 0 Å². The van der Waals surface area contributed by atoms with Gasteiger partial charge in [-0.3, -0.25) is 0 Å². The minimum Gasteiger partial charge on any atom is -0.479 e. The highest BCUT2D eigenvalue weighted by molar-refractivity contribution is 7.88. The first-order valence-corrected chi connectivity index (χ1v) is 9.58. The number of aryl methyl sites for hydroxylation is 1. The zero-order valence-electron chi connectivity index (χ0n) is 15.8. The van der Waals surface area contributed by atoms with Crippen molar-refractivity contribution in [3.05, 3.63) is 41.2 Å². The topological polar surface area (TPSA) is 89.9 Å². The molecule has 2 aromatic rings. The Morgan fingerprint density at radius 2 is 1.72 bits per heavy atom. The third-order valence-corrected chi connectivity index (χ3v) is 4.69. The second-order valence-corrected chi connectivity index (χ2v) is 8.77. The number of rotatable bonds is 5. The number of aliphatic carboxylic acids is 1. The molecule has 0 aliphatic rings. The molecule has 1 N–H and O–H groups in total. The molecular formula is C18H18F4O6S. The lowest BCUT2D eigenvalue weighted by atomic mass is 9.95. The lowest BCUT2D eigenvalue weighted by molar-refractivity contribution is -0.160. The maximum absolute atomic E-state index is 13.8. The van der Waals surface area contributed by atoms with Crippen LogP contribution in [0.15, 0.2) is 24.3 Å². The molecule has 6 nitrogen and oxygen atoms in total. The standard InChI is InChI=1S/C18H18F4O6S/c1-9-7-10-5-6-11(19)8-12(10)14(28-29(25,26)18(20,21)22)13(9)15(16(23)24)27-17(2,3)4/h5-8,15H,1-4H3,(H,23,24). The number of hydrogen-bond donors (Lipinski definition) is 1. The van der Waals surface area contributed by atoms with Gasteiger partial charge in [-0.1, -0.05) is 12.1 Å². The Balaban J connectivity index is 2.90. The maximum atomic E-state index is 13.8. The molecule has 0 saturated carbocycles. The van der Waals surface area contributed by atoms with Crippen LogP contribution in [0.5, 0.6) is 5.75 Å². The van der Waals surface area contributed by atoms with Gasteiger partial charge >= 0.3 is 21.6 Å². The predicted octanol–water partition coefficient (Wildman–Crippen LogP) is 4.46. The van der Waals surface area contributed by atoms with Crippen molar-refractivity contribution in [1.29, 1.82) is 0 Å². The van der Waals surface area contributed by atoms with Crippen molar-refractivity contribution in [1.82, 2.24) is 0 Å². The van der Waals surface area contributed by atoms with Gasteiger partial charge in [0.2, 0.25) is 0 Å². The first kappa shape index (κ1) is 22.9. The molecule has 0 amide bonds. The second kappa shape index (κ2) is 7.45. The Hall–Kier alpha value is -2.40. The predicted molar refractivity (Wildman–Crippen MR) is 95.5 cm³/mol. The van der Waals surface area contributed by atoms with Crippen LogP contribution in [-0.2, 0) is 19.6 Å². The smallest absolute Gasteiger partial charge is 0.479 e. The van der Waals surface area contributed by atoms with Gasteiger partial charge in [0, 0.05) is 10.9 Å². The van der Waals surface area contributed by atoms with Gasteiger partial charge < -0.3 is 14.0 Å². The lowest BCUT2D eigenvalue weighted by Gasteiger charge is -2.28. The van der Waals surface area contributed by atoms with Crippen LogP contribution in [0.1, 0.15) is 38.0 Å². The monoisotopic (exact) mass is 438 g/mol. The summed E-state index contributed by atoms with van der Waals surface area (Å²) in [7, 11) is -6.17. The SMILES string of the molecule is Cc1cc2ccc(F)cc2c(OS(=O)(=O)C(F)(F)F)c1C(OC(C)(C)C)C(=O)O. The van der Waals surface area contributed by atoms with Gasteiger partial charge in [-0.05, 0) is 50.8 Å². The highest BCUT2D eigenvalue weighted by Crippen LogP contribution is 2.42. The number of carboxylic acids is 1. The van der Waals surface area contributed by atoms with E-state index >= 15 is 0 Å². The van der Waals surface area contributed by atoms with Gasteiger partial charge in [0.05, 0.1) is 5.60 Å². The summed E-state index contributed by atoms with van der Waals surface area (Å²) >= 11 is 0.